The van der Waals surface area contributed by atoms with E-state index in [2.05, 4.69) is 21.2 Å². The second-order valence-corrected chi connectivity index (χ2v) is 5.35. The molecule has 0 aromatic heterocycles. The maximum absolute atomic E-state index is 13.6. The molecule has 0 amide bonds. The highest BCUT2D eigenvalue weighted by Crippen LogP contribution is 2.16. The summed E-state index contributed by atoms with van der Waals surface area (Å²) >= 11 is 3.33. The lowest BCUT2D eigenvalue weighted by Crippen LogP contribution is -2.13. The molecule has 0 fully saturated rings. The van der Waals surface area contributed by atoms with Gasteiger partial charge < -0.3 is 10.1 Å². The minimum Gasteiger partial charge on any atom is -0.479 e. The van der Waals surface area contributed by atoms with Gasteiger partial charge >= 0.3 is 0 Å². The zero-order chi connectivity index (χ0) is 15.1. The number of benzene rings is 2. The van der Waals surface area contributed by atoms with Crippen molar-refractivity contribution < 1.29 is 9.13 Å². The van der Waals surface area contributed by atoms with Crippen LogP contribution in [0.2, 0.25) is 0 Å². The van der Waals surface area contributed by atoms with Crippen LogP contribution in [0.15, 0.2) is 46.9 Å². The standard InChI is InChI=1S/C16H14BrFN2O/c17-14-4-5-16(18)13(9-14)11-20-10-12-2-1-3-15(8-12)21-7-6-19/h1-5,8-9,20H,7,10-11H2. The van der Waals surface area contributed by atoms with Crippen molar-refractivity contribution in [2.24, 2.45) is 0 Å². The second kappa shape index (κ2) is 7.77. The van der Waals surface area contributed by atoms with Crippen LogP contribution in [0, 0.1) is 17.1 Å². The fourth-order valence-electron chi connectivity index (χ4n) is 1.88. The molecule has 5 heteroatoms. The average molecular weight is 349 g/mol. The number of nitrogens with one attached hydrogen (secondary N) is 1. The SMILES string of the molecule is N#CCOc1cccc(CNCc2cc(Br)ccc2F)c1. The van der Waals surface area contributed by atoms with E-state index >= 15 is 0 Å². The third-order valence-electron chi connectivity index (χ3n) is 2.85. The maximum atomic E-state index is 13.6. The second-order valence-electron chi connectivity index (χ2n) is 4.43. The quantitative estimate of drug-likeness (QED) is 0.863. The molecule has 0 aliphatic heterocycles. The van der Waals surface area contributed by atoms with Gasteiger partial charge in [0.05, 0.1) is 0 Å². The van der Waals surface area contributed by atoms with Gasteiger partial charge in [0.2, 0.25) is 0 Å². The Hall–Kier alpha value is -1.90. The van der Waals surface area contributed by atoms with E-state index in [-0.39, 0.29) is 12.4 Å². The first kappa shape index (κ1) is 15.5. The number of hydrogen-bond acceptors (Lipinski definition) is 3. The largest absolute Gasteiger partial charge is 0.479 e. The molecule has 0 radical (unpaired) electrons. The first-order valence-electron chi connectivity index (χ1n) is 6.42. The number of nitriles is 1. The van der Waals surface area contributed by atoms with Crippen LogP contribution >= 0.6 is 15.9 Å². The van der Waals surface area contributed by atoms with Gasteiger partial charge in [-0.2, -0.15) is 5.26 Å². The third kappa shape index (κ3) is 4.85. The summed E-state index contributed by atoms with van der Waals surface area (Å²) in [6.45, 7) is 1.06. The van der Waals surface area contributed by atoms with Crippen molar-refractivity contribution in [3.05, 3.63) is 63.9 Å². The van der Waals surface area contributed by atoms with Gasteiger partial charge in [-0.15, -0.1) is 0 Å². The molecule has 2 aromatic carbocycles. The maximum Gasteiger partial charge on any atom is 0.174 e. The number of rotatable bonds is 6. The topological polar surface area (TPSA) is 45.0 Å². The van der Waals surface area contributed by atoms with Crippen LogP contribution in [0.4, 0.5) is 4.39 Å². The normalized spacial score (nSPS) is 10.1. The molecule has 0 aliphatic carbocycles. The van der Waals surface area contributed by atoms with Crippen molar-refractivity contribution in [2.75, 3.05) is 6.61 Å². The molecule has 0 unspecified atom stereocenters. The fraction of sp³-hybridized carbons (Fsp3) is 0.188. The Kier molecular flexibility index (Phi) is 5.73. The minimum atomic E-state index is -0.225. The van der Waals surface area contributed by atoms with Crippen LogP contribution in [-0.2, 0) is 13.1 Å². The van der Waals surface area contributed by atoms with Crippen molar-refractivity contribution in [2.45, 2.75) is 13.1 Å². The van der Waals surface area contributed by atoms with Crippen LogP contribution in [0.3, 0.4) is 0 Å². The van der Waals surface area contributed by atoms with E-state index in [1.807, 2.05) is 24.3 Å². The highest BCUT2D eigenvalue weighted by Gasteiger charge is 2.03. The Balaban J connectivity index is 1.91. The van der Waals surface area contributed by atoms with E-state index < -0.39 is 0 Å². The Morgan fingerprint density at radius 1 is 1.19 bits per heavy atom. The molecule has 0 aliphatic rings. The summed E-state index contributed by atoms with van der Waals surface area (Å²) < 4.78 is 19.7. The summed E-state index contributed by atoms with van der Waals surface area (Å²) in [7, 11) is 0. The Labute approximate surface area is 131 Å². The zero-order valence-corrected chi connectivity index (χ0v) is 12.9. The highest BCUT2D eigenvalue weighted by atomic mass is 79.9. The summed E-state index contributed by atoms with van der Waals surface area (Å²) in [5, 5.41) is 11.7. The van der Waals surface area contributed by atoms with Crippen molar-refractivity contribution in [3.8, 4) is 11.8 Å². The van der Waals surface area contributed by atoms with Crippen LogP contribution in [-0.4, -0.2) is 6.61 Å². The molecular formula is C16H14BrFN2O. The summed E-state index contributed by atoms with van der Waals surface area (Å²) in [5.41, 5.74) is 1.63. The monoisotopic (exact) mass is 348 g/mol. The van der Waals surface area contributed by atoms with Crippen molar-refractivity contribution in [3.63, 3.8) is 0 Å². The van der Waals surface area contributed by atoms with Gasteiger partial charge in [-0.1, -0.05) is 28.1 Å². The van der Waals surface area contributed by atoms with Gasteiger partial charge in [0.25, 0.3) is 0 Å². The predicted octanol–water partition coefficient (Wildman–Crippen LogP) is 3.78. The van der Waals surface area contributed by atoms with E-state index in [1.54, 1.807) is 18.2 Å². The van der Waals surface area contributed by atoms with E-state index in [0.717, 1.165) is 10.0 Å². The molecule has 2 rings (SSSR count). The molecule has 0 saturated carbocycles. The molecule has 2 aromatic rings. The summed E-state index contributed by atoms with van der Waals surface area (Å²) in [4.78, 5) is 0. The van der Waals surface area contributed by atoms with Crippen LogP contribution < -0.4 is 10.1 Å². The van der Waals surface area contributed by atoms with Crippen LogP contribution in [0.1, 0.15) is 11.1 Å². The number of nitrogens with zero attached hydrogens (tertiary/aromatic N) is 1. The van der Waals surface area contributed by atoms with E-state index in [0.29, 0.717) is 24.4 Å². The molecule has 0 heterocycles. The third-order valence-corrected chi connectivity index (χ3v) is 3.35. The number of hydrogen-bond donors (Lipinski definition) is 1. The zero-order valence-electron chi connectivity index (χ0n) is 11.3. The van der Waals surface area contributed by atoms with Gasteiger partial charge in [-0.3, -0.25) is 0 Å². The average Bonchev–Trinajstić information content (AvgIpc) is 2.49. The molecule has 0 saturated heterocycles. The molecule has 0 bridgehead atoms. The number of halogens is 2. The molecule has 1 N–H and O–H groups in total. The van der Waals surface area contributed by atoms with E-state index in [1.165, 1.54) is 6.07 Å². The van der Waals surface area contributed by atoms with Gasteiger partial charge in [-0.25, -0.2) is 4.39 Å². The van der Waals surface area contributed by atoms with E-state index in [9.17, 15) is 4.39 Å². The molecular weight excluding hydrogens is 335 g/mol. The van der Waals surface area contributed by atoms with Gasteiger partial charge in [0.1, 0.15) is 17.6 Å². The van der Waals surface area contributed by atoms with Gasteiger partial charge in [0, 0.05) is 23.1 Å². The predicted molar refractivity (Wildman–Crippen MR) is 82.2 cm³/mol. The highest BCUT2D eigenvalue weighted by molar-refractivity contribution is 9.10. The van der Waals surface area contributed by atoms with Gasteiger partial charge in [0.15, 0.2) is 6.61 Å². The van der Waals surface area contributed by atoms with Crippen molar-refractivity contribution in [1.82, 2.24) is 5.32 Å². The van der Waals surface area contributed by atoms with E-state index in [4.69, 9.17) is 10.00 Å². The smallest absolute Gasteiger partial charge is 0.174 e. The molecule has 3 nitrogen and oxygen atoms in total. The summed E-state index contributed by atoms with van der Waals surface area (Å²) in [6, 6.07) is 14.3. The van der Waals surface area contributed by atoms with Crippen LogP contribution in [0.25, 0.3) is 0 Å². The Bertz CT molecular complexity index is 655. The Morgan fingerprint density at radius 3 is 2.86 bits per heavy atom. The molecule has 0 spiro atoms. The van der Waals surface area contributed by atoms with Crippen molar-refractivity contribution in [1.29, 1.82) is 5.26 Å². The first-order chi connectivity index (χ1) is 10.2. The van der Waals surface area contributed by atoms with Gasteiger partial charge in [-0.05, 0) is 35.9 Å². The molecule has 0 atom stereocenters. The fourth-order valence-corrected chi connectivity index (χ4v) is 2.29. The van der Waals surface area contributed by atoms with Crippen LogP contribution in [0.5, 0.6) is 5.75 Å². The summed E-state index contributed by atoms with van der Waals surface area (Å²) in [5.74, 6) is 0.432. The molecule has 21 heavy (non-hydrogen) atoms. The summed E-state index contributed by atoms with van der Waals surface area (Å²) in [6.07, 6.45) is 0. The van der Waals surface area contributed by atoms with Crippen molar-refractivity contribution >= 4 is 15.9 Å². The minimum absolute atomic E-state index is 0.0279. The lowest BCUT2D eigenvalue weighted by molar-refractivity contribution is 0.367. The number of ether oxygens (including phenoxy) is 1. The lowest BCUT2D eigenvalue weighted by atomic mass is 10.2. The first-order valence-corrected chi connectivity index (χ1v) is 7.21. The molecule has 108 valence electrons. The Morgan fingerprint density at radius 2 is 2.05 bits per heavy atom. The lowest BCUT2D eigenvalue weighted by Gasteiger charge is -2.08.